The molecule has 1 aliphatic rings. The molecule has 7 heteroatoms. The van der Waals surface area contributed by atoms with Crippen molar-refractivity contribution in [2.75, 3.05) is 18.1 Å². The number of carbonyl (C=O) groups excluding carboxylic acids is 2. The quantitative estimate of drug-likeness (QED) is 0.664. The van der Waals surface area contributed by atoms with Gasteiger partial charge in [-0.3, -0.25) is 9.59 Å². The summed E-state index contributed by atoms with van der Waals surface area (Å²) in [6, 6.07) is 9.99. The van der Waals surface area contributed by atoms with E-state index in [1.165, 1.54) is 18.2 Å². The number of hydrogen-bond acceptors (Lipinski definition) is 3. The first-order valence-corrected chi connectivity index (χ1v) is 10.7. The predicted molar refractivity (Wildman–Crippen MR) is 111 cm³/mol. The molecule has 1 fully saturated rings. The molecule has 3 rings (SSSR count). The molecular formula is C22H24F2N2O2S. The monoisotopic (exact) mass is 418 g/mol. The lowest BCUT2D eigenvalue weighted by molar-refractivity contribution is -0.129. The maximum absolute atomic E-state index is 13.8. The molecule has 29 heavy (non-hydrogen) atoms. The van der Waals surface area contributed by atoms with Crippen LogP contribution in [0.1, 0.15) is 42.5 Å². The molecule has 2 aromatic rings. The normalized spacial score (nSPS) is 14.4. The lowest BCUT2D eigenvalue weighted by Gasteiger charge is -2.31. The Kier molecular flexibility index (Phi) is 7.25. The zero-order valence-electron chi connectivity index (χ0n) is 16.3. The lowest BCUT2D eigenvalue weighted by Crippen LogP contribution is -2.39. The van der Waals surface area contributed by atoms with Crippen molar-refractivity contribution >= 4 is 29.3 Å². The standard InChI is InChI=1S/C22H24F2N2O2S/c1-26(16-7-3-2-4-8-16)21(27)14-29-20-10-6-5-9-17(20)22(28)25-19-13-15(23)11-12-18(19)24/h5-6,9-13,16H,2-4,7-8,14H2,1H3,(H,25,28). The highest BCUT2D eigenvalue weighted by Crippen LogP contribution is 2.26. The summed E-state index contributed by atoms with van der Waals surface area (Å²) in [4.78, 5) is 27.6. The predicted octanol–water partition coefficient (Wildman–Crippen LogP) is 5.10. The van der Waals surface area contributed by atoms with E-state index in [2.05, 4.69) is 5.32 Å². The van der Waals surface area contributed by atoms with Crippen molar-refractivity contribution in [1.29, 1.82) is 0 Å². The van der Waals surface area contributed by atoms with Crippen LogP contribution in [0.15, 0.2) is 47.4 Å². The van der Waals surface area contributed by atoms with Gasteiger partial charge in [0.05, 0.1) is 17.0 Å². The summed E-state index contributed by atoms with van der Waals surface area (Å²) in [6.07, 6.45) is 5.59. The molecular weight excluding hydrogens is 394 g/mol. The first kappa shape index (κ1) is 21.3. The molecule has 0 aliphatic heterocycles. The number of anilines is 1. The van der Waals surface area contributed by atoms with Crippen LogP contribution in [-0.2, 0) is 4.79 Å². The molecule has 0 unspecified atom stereocenters. The van der Waals surface area contributed by atoms with E-state index < -0.39 is 17.5 Å². The number of halogens is 2. The number of rotatable bonds is 6. The molecule has 0 aromatic heterocycles. The van der Waals surface area contributed by atoms with Gasteiger partial charge in [-0.15, -0.1) is 11.8 Å². The van der Waals surface area contributed by atoms with Gasteiger partial charge in [-0.2, -0.15) is 0 Å². The third kappa shape index (κ3) is 5.56. The fraction of sp³-hybridized carbons (Fsp3) is 0.364. The average Bonchev–Trinajstić information content (AvgIpc) is 2.74. The Labute approximate surface area is 173 Å². The van der Waals surface area contributed by atoms with Crippen LogP contribution in [0.3, 0.4) is 0 Å². The fourth-order valence-electron chi connectivity index (χ4n) is 3.48. The zero-order chi connectivity index (χ0) is 20.8. The summed E-state index contributed by atoms with van der Waals surface area (Å²) >= 11 is 1.27. The number of thioether (sulfide) groups is 1. The van der Waals surface area contributed by atoms with Gasteiger partial charge in [0, 0.05) is 24.1 Å². The summed E-state index contributed by atoms with van der Waals surface area (Å²) in [5, 5.41) is 2.41. The van der Waals surface area contributed by atoms with E-state index in [1.54, 1.807) is 24.3 Å². The molecule has 0 radical (unpaired) electrons. The number of hydrogen-bond donors (Lipinski definition) is 1. The minimum atomic E-state index is -0.714. The number of nitrogens with zero attached hydrogens (tertiary/aromatic N) is 1. The highest BCUT2D eigenvalue weighted by atomic mass is 32.2. The van der Waals surface area contributed by atoms with Crippen molar-refractivity contribution in [3.63, 3.8) is 0 Å². The van der Waals surface area contributed by atoms with E-state index in [0.717, 1.165) is 43.9 Å². The summed E-state index contributed by atoms with van der Waals surface area (Å²) in [5.41, 5.74) is 0.0946. The van der Waals surface area contributed by atoms with E-state index >= 15 is 0 Å². The van der Waals surface area contributed by atoms with Gasteiger partial charge in [0.15, 0.2) is 0 Å². The first-order chi connectivity index (χ1) is 14.0. The molecule has 0 saturated heterocycles. The number of amides is 2. The zero-order valence-corrected chi connectivity index (χ0v) is 17.1. The van der Waals surface area contributed by atoms with E-state index in [4.69, 9.17) is 0 Å². The van der Waals surface area contributed by atoms with Crippen LogP contribution in [0.2, 0.25) is 0 Å². The molecule has 0 heterocycles. The van der Waals surface area contributed by atoms with Crippen molar-refractivity contribution < 1.29 is 18.4 Å². The third-order valence-corrected chi connectivity index (χ3v) is 6.23. The average molecular weight is 419 g/mol. The maximum Gasteiger partial charge on any atom is 0.256 e. The van der Waals surface area contributed by atoms with Crippen LogP contribution in [0.5, 0.6) is 0 Å². The van der Waals surface area contributed by atoms with Crippen LogP contribution < -0.4 is 5.32 Å². The third-order valence-electron chi connectivity index (χ3n) is 5.18. The Hall–Kier alpha value is -2.41. The smallest absolute Gasteiger partial charge is 0.256 e. The van der Waals surface area contributed by atoms with Crippen molar-refractivity contribution in [3.05, 3.63) is 59.7 Å². The van der Waals surface area contributed by atoms with Crippen molar-refractivity contribution in [3.8, 4) is 0 Å². The Bertz CT molecular complexity index is 885. The highest BCUT2D eigenvalue weighted by Gasteiger charge is 2.22. The molecule has 1 saturated carbocycles. The van der Waals surface area contributed by atoms with Gasteiger partial charge in [0.1, 0.15) is 11.6 Å². The van der Waals surface area contributed by atoms with Gasteiger partial charge in [0.2, 0.25) is 5.91 Å². The second-order valence-electron chi connectivity index (χ2n) is 7.16. The topological polar surface area (TPSA) is 49.4 Å². The van der Waals surface area contributed by atoms with Crippen LogP contribution >= 0.6 is 11.8 Å². The van der Waals surface area contributed by atoms with E-state index in [9.17, 15) is 18.4 Å². The second kappa shape index (κ2) is 9.87. The Morgan fingerprint density at radius 1 is 1.10 bits per heavy atom. The van der Waals surface area contributed by atoms with Gasteiger partial charge in [0.25, 0.3) is 5.91 Å². The Morgan fingerprint density at radius 2 is 1.83 bits per heavy atom. The maximum atomic E-state index is 13.8. The minimum Gasteiger partial charge on any atom is -0.342 e. The summed E-state index contributed by atoms with van der Waals surface area (Å²) < 4.78 is 27.2. The molecule has 1 N–H and O–H groups in total. The van der Waals surface area contributed by atoms with Gasteiger partial charge < -0.3 is 10.2 Å². The number of carbonyl (C=O) groups is 2. The summed E-state index contributed by atoms with van der Waals surface area (Å²) in [5.74, 6) is -1.67. The molecule has 2 aromatic carbocycles. The number of benzene rings is 2. The Balaban J connectivity index is 1.66. The van der Waals surface area contributed by atoms with E-state index in [0.29, 0.717) is 10.5 Å². The van der Waals surface area contributed by atoms with Gasteiger partial charge in [-0.25, -0.2) is 8.78 Å². The first-order valence-electron chi connectivity index (χ1n) is 9.69. The van der Waals surface area contributed by atoms with Crippen LogP contribution in [0.25, 0.3) is 0 Å². The molecule has 154 valence electrons. The molecule has 1 aliphatic carbocycles. The van der Waals surface area contributed by atoms with Crippen molar-refractivity contribution in [2.45, 2.75) is 43.0 Å². The summed E-state index contributed by atoms with van der Waals surface area (Å²) in [7, 11) is 1.84. The van der Waals surface area contributed by atoms with Crippen molar-refractivity contribution in [1.82, 2.24) is 4.90 Å². The summed E-state index contributed by atoms with van der Waals surface area (Å²) in [6.45, 7) is 0. The number of nitrogens with one attached hydrogen (secondary N) is 1. The van der Waals surface area contributed by atoms with Crippen LogP contribution in [0, 0.1) is 11.6 Å². The molecule has 0 atom stereocenters. The van der Waals surface area contributed by atoms with E-state index in [1.807, 2.05) is 11.9 Å². The second-order valence-corrected chi connectivity index (χ2v) is 8.18. The van der Waals surface area contributed by atoms with E-state index in [-0.39, 0.29) is 23.4 Å². The molecule has 2 amide bonds. The van der Waals surface area contributed by atoms with Gasteiger partial charge in [-0.05, 0) is 37.1 Å². The van der Waals surface area contributed by atoms with Gasteiger partial charge >= 0.3 is 0 Å². The van der Waals surface area contributed by atoms with Crippen molar-refractivity contribution in [2.24, 2.45) is 0 Å². The van der Waals surface area contributed by atoms with Gasteiger partial charge in [-0.1, -0.05) is 31.4 Å². The van der Waals surface area contributed by atoms with Crippen LogP contribution in [-0.4, -0.2) is 35.6 Å². The minimum absolute atomic E-state index is 0.0216. The lowest BCUT2D eigenvalue weighted by atomic mass is 9.94. The SMILES string of the molecule is CN(C(=O)CSc1ccccc1C(=O)Nc1cc(F)ccc1F)C1CCCCC1. The fourth-order valence-corrected chi connectivity index (χ4v) is 4.45. The van der Waals surface area contributed by atoms with Crippen LogP contribution in [0.4, 0.5) is 14.5 Å². The highest BCUT2D eigenvalue weighted by molar-refractivity contribution is 8.00. The largest absolute Gasteiger partial charge is 0.342 e. The molecule has 0 bridgehead atoms. The molecule has 4 nitrogen and oxygen atoms in total. The Morgan fingerprint density at radius 3 is 2.59 bits per heavy atom. The molecule has 0 spiro atoms.